The molecule has 0 aromatic heterocycles. The summed E-state index contributed by atoms with van der Waals surface area (Å²) in [5, 5.41) is 0. The van der Waals surface area contributed by atoms with Crippen molar-refractivity contribution in [3.63, 3.8) is 0 Å². The molecule has 2 rings (SSSR count). The summed E-state index contributed by atoms with van der Waals surface area (Å²) in [7, 11) is 0. The molecule has 5 heteroatoms. The summed E-state index contributed by atoms with van der Waals surface area (Å²) in [6.45, 7) is 1.66. The fourth-order valence-electron chi connectivity index (χ4n) is 1.68. The van der Waals surface area contributed by atoms with Crippen molar-refractivity contribution >= 4 is 39.3 Å². The van der Waals surface area contributed by atoms with Crippen molar-refractivity contribution in [1.29, 1.82) is 0 Å². The number of amides is 1. The van der Waals surface area contributed by atoms with E-state index in [0.717, 1.165) is 29.1 Å². The van der Waals surface area contributed by atoms with E-state index in [1.165, 1.54) is 0 Å². The number of nitrogens with zero attached hydrogens (tertiary/aromatic N) is 1. The Labute approximate surface area is 108 Å². The number of halogens is 1. The van der Waals surface area contributed by atoms with Crippen LogP contribution in [0.1, 0.15) is 10.4 Å². The number of carbonyl (C=O) groups excluding carboxylic acids is 1. The normalized spacial score (nSPS) is 16.2. The Hall–Kier alpha value is -0.680. The zero-order chi connectivity index (χ0) is 11.5. The number of nitrogen functional groups attached to an aromatic ring is 1. The molecular weight excluding hydrogens is 288 g/mol. The van der Waals surface area contributed by atoms with Gasteiger partial charge in [-0.1, -0.05) is 15.9 Å². The molecule has 1 aliphatic heterocycles. The van der Waals surface area contributed by atoms with E-state index in [4.69, 9.17) is 5.73 Å². The second kappa shape index (κ2) is 5.10. The van der Waals surface area contributed by atoms with Gasteiger partial charge in [0.15, 0.2) is 0 Å². The van der Waals surface area contributed by atoms with Gasteiger partial charge in [-0.15, -0.1) is 0 Å². The van der Waals surface area contributed by atoms with Crippen LogP contribution in [0.15, 0.2) is 22.7 Å². The summed E-state index contributed by atoms with van der Waals surface area (Å²) in [5.41, 5.74) is 7.00. The van der Waals surface area contributed by atoms with Gasteiger partial charge in [0.25, 0.3) is 5.91 Å². The Balaban J connectivity index is 2.19. The maximum absolute atomic E-state index is 12.1. The molecule has 2 N–H and O–H groups in total. The van der Waals surface area contributed by atoms with Crippen LogP contribution in [0.25, 0.3) is 0 Å². The molecular formula is C11H13BrN2OS. The van der Waals surface area contributed by atoms with Crippen LogP contribution in [0, 0.1) is 0 Å². The lowest BCUT2D eigenvalue weighted by Crippen LogP contribution is -2.37. The van der Waals surface area contributed by atoms with Gasteiger partial charge < -0.3 is 10.6 Å². The van der Waals surface area contributed by atoms with Crippen molar-refractivity contribution in [3.05, 3.63) is 28.2 Å². The summed E-state index contributed by atoms with van der Waals surface area (Å²) in [5.74, 6) is 2.12. The van der Waals surface area contributed by atoms with E-state index < -0.39 is 0 Å². The van der Waals surface area contributed by atoms with Crippen molar-refractivity contribution in [3.8, 4) is 0 Å². The lowest BCUT2D eigenvalue weighted by atomic mass is 10.2. The number of anilines is 1. The molecule has 0 bridgehead atoms. The van der Waals surface area contributed by atoms with Crippen molar-refractivity contribution in [2.75, 3.05) is 30.3 Å². The van der Waals surface area contributed by atoms with E-state index in [9.17, 15) is 4.79 Å². The third-order valence-corrected chi connectivity index (χ3v) is 3.87. The van der Waals surface area contributed by atoms with Crippen molar-refractivity contribution in [2.24, 2.45) is 0 Å². The SMILES string of the molecule is Nc1cc(Br)cc(C(=O)N2CCSCC2)c1. The first kappa shape index (κ1) is 11.8. The van der Waals surface area contributed by atoms with Crippen LogP contribution in [0.5, 0.6) is 0 Å². The van der Waals surface area contributed by atoms with Crippen LogP contribution < -0.4 is 5.73 Å². The highest BCUT2D eigenvalue weighted by atomic mass is 79.9. The zero-order valence-corrected chi connectivity index (χ0v) is 11.2. The maximum Gasteiger partial charge on any atom is 0.254 e. The molecule has 86 valence electrons. The topological polar surface area (TPSA) is 46.3 Å². The summed E-state index contributed by atoms with van der Waals surface area (Å²) >= 11 is 5.24. The van der Waals surface area contributed by atoms with Gasteiger partial charge in [0.2, 0.25) is 0 Å². The maximum atomic E-state index is 12.1. The Kier molecular flexibility index (Phi) is 3.76. The monoisotopic (exact) mass is 300 g/mol. The molecule has 0 atom stereocenters. The molecule has 0 unspecified atom stereocenters. The van der Waals surface area contributed by atoms with E-state index in [-0.39, 0.29) is 5.91 Å². The first-order valence-electron chi connectivity index (χ1n) is 5.10. The van der Waals surface area contributed by atoms with Gasteiger partial charge in [-0.25, -0.2) is 0 Å². The molecule has 1 fully saturated rings. The molecule has 1 aromatic carbocycles. The Morgan fingerprint density at radius 3 is 2.62 bits per heavy atom. The number of thioether (sulfide) groups is 1. The summed E-state index contributed by atoms with van der Waals surface area (Å²) in [6, 6.07) is 5.35. The highest BCUT2D eigenvalue weighted by molar-refractivity contribution is 9.10. The predicted octanol–water partition coefficient (Wildman–Crippen LogP) is 2.22. The molecule has 0 saturated carbocycles. The molecule has 0 spiro atoms. The van der Waals surface area contributed by atoms with Crippen molar-refractivity contribution in [2.45, 2.75) is 0 Å². The molecule has 0 radical (unpaired) electrons. The van der Waals surface area contributed by atoms with Crippen molar-refractivity contribution < 1.29 is 4.79 Å². The smallest absolute Gasteiger partial charge is 0.254 e. The zero-order valence-electron chi connectivity index (χ0n) is 8.78. The number of nitrogens with two attached hydrogens (primary N) is 1. The summed E-state index contributed by atoms with van der Waals surface area (Å²) in [6.07, 6.45) is 0. The largest absolute Gasteiger partial charge is 0.399 e. The number of hydrogen-bond donors (Lipinski definition) is 1. The quantitative estimate of drug-likeness (QED) is 0.809. The fourth-order valence-corrected chi connectivity index (χ4v) is 3.10. The minimum atomic E-state index is 0.0771. The molecule has 1 aliphatic rings. The van der Waals surface area contributed by atoms with Crippen LogP contribution in [0.3, 0.4) is 0 Å². The van der Waals surface area contributed by atoms with Gasteiger partial charge in [0.1, 0.15) is 0 Å². The summed E-state index contributed by atoms with van der Waals surface area (Å²) < 4.78 is 0.849. The number of benzene rings is 1. The highest BCUT2D eigenvalue weighted by Crippen LogP contribution is 2.20. The van der Waals surface area contributed by atoms with Gasteiger partial charge >= 0.3 is 0 Å². The average molecular weight is 301 g/mol. The van der Waals surface area contributed by atoms with E-state index in [0.29, 0.717) is 11.3 Å². The lowest BCUT2D eigenvalue weighted by Gasteiger charge is -2.26. The molecule has 1 amide bonds. The predicted molar refractivity (Wildman–Crippen MR) is 71.8 cm³/mol. The molecule has 0 aliphatic carbocycles. The molecule has 1 saturated heterocycles. The standard InChI is InChI=1S/C11H13BrN2OS/c12-9-5-8(6-10(13)7-9)11(15)14-1-3-16-4-2-14/h5-7H,1-4,13H2. The van der Waals surface area contributed by atoms with E-state index >= 15 is 0 Å². The third kappa shape index (κ3) is 2.71. The minimum Gasteiger partial charge on any atom is -0.399 e. The van der Waals surface area contributed by atoms with Crippen LogP contribution >= 0.6 is 27.7 Å². The van der Waals surface area contributed by atoms with Crippen LogP contribution in [0.4, 0.5) is 5.69 Å². The van der Waals surface area contributed by atoms with Crippen LogP contribution in [-0.4, -0.2) is 35.4 Å². The van der Waals surface area contributed by atoms with Crippen molar-refractivity contribution in [1.82, 2.24) is 4.90 Å². The van der Waals surface area contributed by atoms with E-state index in [1.54, 1.807) is 12.1 Å². The average Bonchev–Trinajstić information content (AvgIpc) is 2.28. The Morgan fingerprint density at radius 1 is 1.31 bits per heavy atom. The fraction of sp³-hybridized carbons (Fsp3) is 0.364. The molecule has 1 heterocycles. The Bertz CT molecular complexity index is 385. The van der Waals surface area contributed by atoms with Gasteiger partial charge in [-0.2, -0.15) is 11.8 Å². The Morgan fingerprint density at radius 2 is 2.00 bits per heavy atom. The molecule has 16 heavy (non-hydrogen) atoms. The van der Waals surface area contributed by atoms with Gasteiger partial charge in [0, 0.05) is 40.3 Å². The second-order valence-electron chi connectivity index (χ2n) is 3.68. The lowest BCUT2D eigenvalue weighted by molar-refractivity contribution is 0.0772. The third-order valence-electron chi connectivity index (χ3n) is 2.47. The van der Waals surface area contributed by atoms with Gasteiger partial charge in [-0.05, 0) is 18.2 Å². The van der Waals surface area contributed by atoms with Crippen LogP contribution in [-0.2, 0) is 0 Å². The number of carbonyl (C=O) groups is 1. The molecule has 3 nitrogen and oxygen atoms in total. The minimum absolute atomic E-state index is 0.0771. The number of hydrogen-bond acceptors (Lipinski definition) is 3. The first-order chi connectivity index (χ1) is 7.66. The summed E-state index contributed by atoms with van der Waals surface area (Å²) in [4.78, 5) is 14.0. The first-order valence-corrected chi connectivity index (χ1v) is 7.04. The second-order valence-corrected chi connectivity index (χ2v) is 5.82. The van der Waals surface area contributed by atoms with Gasteiger partial charge in [0.05, 0.1) is 0 Å². The van der Waals surface area contributed by atoms with E-state index in [2.05, 4.69) is 15.9 Å². The highest BCUT2D eigenvalue weighted by Gasteiger charge is 2.18. The van der Waals surface area contributed by atoms with Gasteiger partial charge in [-0.3, -0.25) is 4.79 Å². The molecule has 1 aromatic rings. The van der Waals surface area contributed by atoms with E-state index in [1.807, 2.05) is 22.7 Å². The number of rotatable bonds is 1. The van der Waals surface area contributed by atoms with Crippen LogP contribution in [0.2, 0.25) is 0 Å².